The molecule has 2 aromatic rings. The number of nitrogens with zero attached hydrogens (tertiary/aromatic N) is 2. The quantitative estimate of drug-likeness (QED) is 0.813. The van der Waals surface area contributed by atoms with Gasteiger partial charge in [0.2, 0.25) is 10.0 Å². The van der Waals surface area contributed by atoms with Crippen LogP contribution in [0.5, 0.6) is 0 Å². The van der Waals surface area contributed by atoms with Crippen molar-refractivity contribution in [3.8, 4) is 11.3 Å². The first-order chi connectivity index (χ1) is 10.1. The molecule has 0 amide bonds. The number of imidazole rings is 1. The zero-order chi connectivity index (χ0) is 15.1. The lowest BCUT2D eigenvalue weighted by atomic mass is 10.2. The van der Waals surface area contributed by atoms with Gasteiger partial charge in [0.15, 0.2) is 0 Å². The standard InChI is InChI=1S/C15H21N3O2S/c1-2-3-11-21(19,20)17-9-10-18-13-16-12-15(18)14-7-5-4-6-8-14/h4-8,12-13,17H,2-3,9-11H2,1H3. The van der Waals surface area contributed by atoms with Crippen molar-refractivity contribution in [1.29, 1.82) is 0 Å². The van der Waals surface area contributed by atoms with Crippen LogP contribution < -0.4 is 4.72 Å². The van der Waals surface area contributed by atoms with Crippen molar-refractivity contribution in [2.24, 2.45) is 0 Å². The van der Waals surface area contributed by atoms with E-state index in [4.69, 9.17) is 0 Å². The molecule has 6 heteroatoms. The van der Waals surface area contributed by atoms with Crippen molar-refractivity contribution in [2.45, 2.75) is 26.3 Å². The highest BCUT2D eigenvalue weighted by Gasteiger charge is 2.09. The summed E-state index contributed by atoms with van der Waals surface area (Å²) in [5.74, 6) is 0.193. The van der Waals surface area contributed by atoms with E-state index in [-0.39, 0.29) is 5.75 Å². The molecule has 2 rings (SSSR count). The van der Waals surface area contributed by atoms with Gasteiger partial charge in [-0.25, -0.2) is 18.1 Å². The Morgan fingerprint density at radius 1 is 1.24 bits per heavy atom. The molecule has 0 spiro atoms. The molecule has 0 aliphatic rings. The van der Waals surface area contributed by atoms with Crippen molar-refractivity contribution in [3.05, 3.63) is 42.9 Å². The van der Waals surface area contributed by atoms with E-state index in [9.17, 15) is 8.42 Å². The van der Waals surface area contributed by atoms with Crippen LogP contribution >= 0.6 is 0 Å². The van der Waals surface area contributed by atoms with E-state index in [0.717, 1.165) is 17.7 Å². The molecule has 1 heterocycles. The minimum absolute atomic E-state index is 0.193. The van der Waals surface area contributed by atoms with Crippen LogP contribution in [0.15, 0.2) is 42.9 Å². The zero-order valence-electron chi connectivity index (χ0n) is 12.2. The fraction of sp³-hybridized carbons (Fsp3) is 0.400. The first-order valence-corrected chi connectivity index (χ1v) is 8.80. The summed E-state index contributed by atoms with van der Waals surface area (Å²) in [4.78, 5) is 4.15. The predicted molar refractivity (Wildman–Crippen MR) is 84.4 cm³/mol. The molecule has 5 nitrogen and oxygen atoms in total. The van der Waals surface area contributed by atoms with Crippen LogP contribution in [0, 0.1) is 0 Å². The van der Waals surface area contributed by atoms with Gasteiger partial charge in [-0.15, -0.1) is 0 Å². The maximum Gasteiger partial charge on any atom is 0.211 e. The first-order valence-electron chi connectivity index (χ1n) is 7.15. The Hall–Kier alpha value is -1.66. The van der Waals surface area contributed by atoms with Gasteiger partial charge in [0, 0.05) is 13.1 Å². The number of aromatic nitrogens is 2. The number of sulfonamides is 1. The maximum absolute atomic E-state index is 11.7. The number of nitrogens with one attached hydrogen (secondary N) is 1. The van der Waals surface area contributed by atoms with Crippen LogP contribution in [0.2, 0.25) is 0 Å². The third-order valence-corrected chi connectivity index (χ3v) is 4.69. The summed E-state index contributed by atoms with van der Waals surface area (Å²) in [5.41, 5.74) is 2.06. The molecular formula is C15H21N3O2S. The van der Waals surface area contributed by atoms with Gasteiger partial charge in [-0.2, -0.15) is 0 Å². The normalized spacial score (nSPS) is 11.7. The smallest absolute Gasteiger partial charge is 0.211 e. The summed E-state index contributed by atoms with van der Waals surface area (Å²) < 4.78 is 28.1. The molecule has 0 atom stereocenters. The SMILES string of the molecule is CCCCS(=O)(=O)NCCn1cncc1-c1ccccc1. The van der Waals surface area contributed by atoms with Crippen molar-refractivity contribution in [2.75, 3.05) is 12.3 Å². The van der Waals surface area contributed by atoms with E-state index in [1.54, 1.807) is 12.5 Å². The second-order valence-electron chi connectivity index (χ2n) is 4.91. The van der Waals surface area contributed by atoms with Gasteiger partial charge in [-0.1, -0.05) is 43.7 Å². The second kappa shape index (κ2) is 7.38. The highest BCUT2D eigenvalue weighted by Crippen LogP contribution is 2.17. The molecule has 0 aliphatic carbocycles. The molecule has 0 aliphatic heterocycles. The summed E-state index contributed by atoms with van der Waals surface area (Å²) in [7, 11) is -3.16. The Bertz CT molecular complexity index is 651. The van der Waals surface area contributed by atoms with E-state index in [1.807, 2.05) is 41.8 Å². The van der Waals surface area contributed by atoms with Crippen molar-refractivity contribution < 1.29 is 8.42 Å². The van der Waals surface area contributed by atoms with E-state index in [2.05, 4.69) is 9.71 Å². The summed E-state index contributed by atoms with van der Waals surface area (Å²) in [6, 6.07) is 9.93. The average Bonchev–Trinajstić information content (AvgIpc) is 2.94. The lowest BCUT2D eigenvalue weighted by molar-refractivity contribution is 0.570. The molecule has 0 saturated carbocycles. The third-order valence-electron chi connectivity index (χ3n) is 3.22. The van der Waals surface area contributed by atoms with Crippen LogP contribution in [0.25, 0.3) is 11.3 Å². The largest absolute Gasteiger partial charge is 0.329 e. The highest BCUT2D eigenvalue weighted by molar-refractivity contribution is 7.89. The second-order valence-corrected chi connectivity index (χ2v) is 6.83. The summed E-state index contributed by atoms with van der Waals surface area (Å²) in [6.45, 7) is 2.92. The number of hydrogen-bond donors (Lipinski definition) is 1. The van der Waals surface area contributed by atoms with Gasteiger partial charge in [-0.05, 0) is 12.0 Å². The van der Waals surface area contributed by atoms with Gasteiger partial charge in [0.25, 0.3) is 0 Å². The molecule has 0 radical (unpaired) electrons. The average molecular weight is 307 g/mol. The first kappa shape index (κ1) is 15.7. The van der Waals surface area contributed by atoms with E-state index in [0.29, 0.717) is 19.5 Å². The Morgan fingerprint density at radius 3 is 2.71 bits per heavy atom. The van der Waals surface area contributed by atoms with E-state index in [1.165, 1.54) is 0 Å². The Kier molecular flexibility index (Phi) is 5.52. The molecule has 1 N–H and O–H groups in total. The monoisotopic (exact) mass is 307 g/mol. The summed E-state index contributed by atoms with van der Waals surface area (Å²) in [5, 5.41) is 0. The fourth-order valence-electron chi connectivity index (χ4n) is 2.08. The molecule has 0 unspecified atom stereocenters. The maximum atomic E-state index is 11.7. The number of rotatable bonds is 8. The zero-order valence-corrected chi connectivity index (χ0v) is 13.0. The minimum atomic E-state index is -3.16. The van der Waals surface area contributed by atoms with Crippen LogP contribution in [0.4, 0.5) is 0 Å². The van der Waals surface area contributed by atoms with Gasteiger partial charge in [-0.3, -0.25) is 0 Å². The Balaban J connectivity index is 1.95. The molecular weight excluding hydrogens is 286 g/mol. The molecule has 21 heavy (non-hydrogen) atoms. The Labute approximate surface area is 126 Å². The highest BCUT2D eigenvalue weighted by atomic mass is 32.2. The van der Waals surface area contributed by atoms with Crippen molar-refractivity contribution >= 4 is 10.0 Å². The Morgan fingerprint density at radius 2 is 2.00 bits per heavy atom. The number of unbranched alkanes of at least 4 members (excludes halogenated alkanes) is 1. The molecule has 0 saturated heterocycles. The van der Waals surface area contributed by atoms with Gasteiger partial charge >= 0.3 is 0 Å². The summed E-state index contributed by atoms with van der Waals surface area (Å²) in [6.07, 6.45) is 5.08. The molecule has 1 aromatic carbocycles. The topological polar surface area (TPSA) is 64.0 Å². The molecule has 114 valence electrons. The lowest BCUT2D eigenvalue weighted by Crippen LogP contribution is -2.29. The van der Waals surface area contributed by atoms with E-state index >= 15 is 0 Å². The summed E-state index contributed by atoms with van der Waals surface area (Å²) >= 11 is 0. The number of benzene rings is 1. The molecule has 1 aromatic heterocycles. The van der Waals surface area contributed by atoms with Gasteiger partial charge in [0.1, 0.15) is 0 Å². The lowest BCUT2D eigenvalue weighted by Gasteiger charge is -2.10. The minimum Gasteiger partial charge on any atom is -0.329 e. The van der Waals surface area contributed by atoms with E-state index < -0.39 is 10.0 Å². The van der Waals surface area contributed by atoms with Gasteiger partial charge < -0.3 is 4.57 Å². The predicted octanol–water partition coefficient (Wildman–Crippen LogP) is 2.27. The molecule has 0 bridgehead atoms. The van der Waals surface area contributed by atoms with Gasteiger partial charge in [0.05, 0.1) is 24.0 Å². The fourth-order valence-corrected chi connectivity index (χ4v) is 3.29. The molecule has 0 fully saturated rings. The third kappa shape index (κ3) is 4.68. The van der Waals surface area contributed by atoms with Crippen molar-refractivity contribution in [3.63, 3.8) is 0 Å². The van der Waals surface area contributed by atoms with Crippen LogP contribution in [0.3, 0.4) is 0 Å². The van der Waals surface area contributed by atoms with Crippen LogP contribution in [-0.4, -0.2) is 30.3 Å². The van der Waals surface area contributed by atoms with Crippen molar-refractivity contribution in [1.82, 2.24) is 14.3 Å². The number of hydrogen-bond acceptors (Lipinski definition) is 3. The van der Waals surface area contributed by atoms with Crippen LogP contribution in [-0.2, 0) is 16.6 Å². The van der Waals surface area contributed by atoms with Crippen LogP contribution in [0.1, 0.15) is 19.8 Å².